The molecule has 0 saturated heterocycles. The maximum atomic E-state index is 11.3. The second-order valence-electron chi connectivity index (χ2n) is 8.67. The Labute approximate surface area is 223 Å². The quantitative estimate of drug-likeness (QED) is 0.127. The first-order valence-corrected chi connectivity index (χ1v) is 11.8. The van der Waals surface area contributed by atoms with Crippen LogP contribution in [0.1, 0.15) is 18.1 Å². The fourth-order valence-electron chi connectivity index (χ4n) is 4.56. The topological polar surface area (TPSA) is 139 Å². The summed E-state index contributed by atoms with van der Waals surface area (Å²) in [6.07, 6.45) is 0. The minimum atomic E-state index is -0.544. The van der Waals surface area contributed by atoms with Gasteiger partial charge in [0.2, 0.25) is 6.71 Å². The van der Waals surface area contributed by atoms with Crippen molar-refractivity contribution in [3.63, 3.8) is 0 Å². The van der Waals surface area contributed by atoms with Crippen LogP contribution in [0.4, 0.5) is 17.1 Å². The van der Waals surface area contributed by atoms with Gasteiger partial charge in [0, 0.05) is 42.0 Å². The van der Waals surface area contributed by atoms with E-state index in [-0.39, 0.29) is 17.1 Å². The van der Waals surface area contributed by atoms with Crippen molar-refractivity contribution in [2.45, 2.75) is 6.92 Å². The van der Waals surface area contributed by atoms with Crippen LogP contribution < -0.4 is 15.7 Å². The third kappa shape index (κ3) is 5.67. The summed E-state index contributed by atoms with van der Waals surface area (Å²) < 4.78 is 5.61. The summed E-state index contributed by atoms with van der Waals surface area (Å²) in [6.45, 7) is 1.36. The molecule has 0 amide bonds. The van der Waals surface area contributed by atoms with E-state index < -0.39 is 21.5 Å². The van der Waals surface area contributed by atoms with Gasteiger partial charge >= 0.3 is 0 Å². The Morgan fingerprint density at radius 2 is 1.05 bits per heavy atom. The van der Waals surface area contributed by atoms with Crippen LogP contribution in [0.2, 0.25) is 0 Å². The van der Waals surface area contributed by atoms with E-state index >= 15 is 0 Å². The molecule has 0 N–H and O–H groups in total. The summed E-state index contributed by atoms with van der Waals surface area (Å²) in [5, 5.41) is 34.0. The molecule has 39 heavy (non-hydrogen) atoms. The van der Waals surface area contributed by atoms with Crippen molar-refractivity contribution >= 4 is 45.7 Å². The zero-order chi connectivity index (χ0) is 28.1. The van der Waals surface area contributed by atoms with E-state index in [0.29, 0.717) is 22.2 Å². The van der Waals surface area contributed by atoms with Gasteiger partial charge in [0.25, 0.3) is 17.1 Å². The van der Waals surface area contributed by atoms with Crippen molar-refractivity contribution in [1.82, 2.24) is 0 Å². The molecule has 4 aromatic rings. The Morgan fingerprint density at radius 3 is 1.46 bits per heavy atom. The zero-order valence-corrected chi connectivity index (χ0v) is 21.0. The third-order valence-corrected chi connectivity index (χ3v) is 6.47. The zero-order valence-electron chi connectivity index (χ0n) is 21.0. The van der Waals surface area contributed by atoms with Gasteiger partial charge in [0.1, 0.15) is 5.75 Å². The van der Waals surface area contributed by atoms with E-state index in [9.17, 15) is 30.3 Å². The van der Waals surface area contributed by atoms with Crippen LogP contribution in [0, 0.1) is 30.3 Å². The van der Waals surface area contributed by atoms with Gasteiger partial charge in [-0.25, -0.2) is 0 Å². The molecule has 0 bridgehead atoms. The van der Waals surface area contributed by atoms with Crippen LogP contribution in [0.5, 0.6) is 5.75 Å². The van der Waals surface area contributed by atoms with Crippen molar-refractivity contribution in [3.05, 3.63) is 139 Å². The number of nitrogens with zero attached hydrogens (tertiary/aromatic N) is 3. The van der Waals surface area contributed by atoms with Gasteiger partial charge in [-0.15, -0.1) is 0 Å². The molecule has 0 aromatic heterocycles. The lowest BCUT2D eigenvalue weighted by Gasteiger charge is -2.23. The monoisotopic (exact) mass is 523 g/mol. The maximum absolute atomic E-state index is 11.3. The van der Waals surface area contributed by atoms with Crippen LogP contribution in [0.3, 0.4) is 0 Å². The van der Waals surface area contributed by atoms with Gasteiger partial charge < -0.3 is 4.74 Å². The fourth-order valence-corrected chi connectivity index (χ4v) is 4.56. The van der Waals surface area contributed by atoms with Gasteiger partial charge in [-0.05, 0) is 36.3 Å². The highest BCUT2D eigenvalue weighted by atomic mass is 16.6. The second-order valence-corrected chi connectivity index (χ2v) is 8.67. The summed E-state index contributed by atoms with van der Waals surface area (Å²) in [4.78, 5) is 32.5. The molecule has 0 saturated carbocycles. The molecule has 0 radical (unpaired) electrons. The minimum absolute atomic E-state index is 0.0738. The fraction of sp³-hybridized carbons (Fsp3) is 0.0714. The normalized spacial score (nSPS) is 11.3. The predicted molar refractivity (Wildman–Crippen MR) is 150 cm³/mol. The van der Waals surface area contributed by atoms with Crippen LogP contribution >= 0.6 is 0 Å². The number of allylic oxidation sites excluding steroid dienone is 1. The Balaban J connectivity index is 2.04. The highest BCUT2D eigenvalue weighted by molar-refractivity contribution is 7.00. The Bertz CT molecular complexity index is 1510. The largest absolute Gasteiger partial charge is 0.496 e. The number of nitro benzene ring substituents is 3. The van der Waals surface area contributed by atoms with Crippen LogP contribution in [0.25, 0.3) is 11.0 Å². The number of methoxy groups -OCH3 is 1. The molecule has 0 aliphatic heterocycles. The van der Waals surface area contributed by atoms with Crippen molar-refractivity contribution in [1.29, 1.82) is 0 Å². The van der Waals surface area contributed by atoms with Gasteiger partial charge in [0.05, 0.1) is 21.9 Å². The summed E-state index contributed by atoms with van der Waals surface area (Å²) in [7, 11) is 1.56. The number of para-hydroxylation sites is 1. The lowest BCUT2D eigenvalue weighted by molar-refractivity contribution is -0.385. The van der Waals surface area contributed by atoms with Crippen molar-refractivity contribution in [2.75, 3.05) is 7.11 Å². The molecular weight excluding hydrogens is 501 g/mol. The summed E-state index contributed by atoms with van der Waals surface area (Å²) in [6, 6.07) is 25.7. The summed E-state index contributed by atoms with van der Waals surface area (Å²) >= 11 is 0. The Morgan fingerprint density at radius 1 is 0.641 bits per heavy atom. The highest BCUT2D eigenvalue weighted by Crippen LogP contribution is 2.34. The van der Waals surface area contributed by atoms with Crippen molar-refractivity contribution < 1.29 is 19.5 Å². The number of nitro groups is 3. The number of non-ortho nitro benzene ring substituents is 3. The van der Waals surface area contributed by atoms with Crippen LogP contribution in [0.15, 0.2) is 97.1 Å². The molecule has 0 aliphatic carbocycles. The Hall–Kier alpha value is -5.32. The summed E-state index contributed by atoms with van der Waals surface area (Å²) in [5.41, 5.74) is 4.14. The van der Waals surface area contributed by atoms with E-state index in [1.807, 2.05) is 31.2 Å². The molecule has 11 heteroatoms. The van der Waals surface area contributed by atoms with Gasteiger partial charge in [-0.1, -0.05) is 58.9 Å². The molecule has 4 aromatic carbocycles. The third-order valence-electron chi connectivity index (χ3n) is 6.47. The molecule has 0 aliphatic rings. The molecular formula is C28H22BN3O7. The smallest absolute Gasteiger partial charge is 0.269 e. The first kappa shape index (κ1) is 26.7. The molecule has 0 spiro atoms. The van der Waals surface area contributed by atoms with Gasteiger partial charge in [-0.3, -0.25) is 30.3 Å². The van der Waals surface area contributed by atoms with Crippen LogP contribution in [-0.4, -0.2) is 28.6 Å². The van der Waals surface area contributed by atoms with E-state index in [2.05, 4.69) is 0 Å². The average Bonchev–Trinajstić information content (AvgIpc) is 2.95. The molecule has 4 rings (SSSR count). The molecule has 0 fully saturated rings. The molecule has 0 unspecified atom stereocenters. The number of ether oxygens (including phenoxy) is 1. The van der Waals surface area contributed by atoms with E-state index in [4.69, 9.17) is 4.74 Å². The molecule has 10 nitrogen and oxygen atoms in total. The van der Waals surface area contributed by atoms with Crippen molar-refractivity contribution in [2.24, 2.45) is 0 Å². The standard InChI is InChI=1S/C28H22BN3O7/c1-19(26-5-3-4-6-27(26)39-2)28(20-7-13-23(14-8-20)30(33)34)29(21-9-15-24(16-10-21)31(35)36)22-11-17-25(18-12-22)32(37)38/h3-18H,1-2H3/b28-19-. The molecule has 0 atom stereocenters. The minimum Gasteiger partial charge on any atom is -0.496 e. The number of hydrogen-bond donors (Lipinski definition) is 0. The average molecular weight is 523 g/mol. The second kappa shape index (κ2) is 11.4. The highest BCUT2D eigenvalue weighted by Gasteiger charge is 2.29. The first-order valence-electron chi connectivity index (χ1n) is 11.8. The van der Waals surface area contributed by atoms with Gasteiger partial charge in [0.15, 0.2) is 0 Å². The van der Waals surface area contributed by atoms with Gasteiger partial charge in [-0.2, -0.15) is 0 Å². The number of benzene rings is 4. The van der Waals surface area contributed by atoms with E-state index in [1.54, 1.807) is 43.5 Å². The Kier molecular flexibility index (Phi) is 7.81. The molecule has 0 heterocycles. The van der Waals surface area contributed by atoms with E-state index in [0.717, 1.165) is 16.6 Å². The number of rotatable bonds is 9. The predicted octanol–water partition coefficient (Wildman–Crippen LogP) is 5.20. The SMILES string of the molecule is COc1ccccc1/C(C)=C(\B(c1ccc([N+](=O)[O-])cc1)c1ccc([N+](=O)[O-])cc1)c1ccc([N+](=O)[O-])cc1. The van der Waals surface area contributed by atoms with Crippen molar-refractivity contribution in [3.8, 4) is 5.75 Å². The molecule has 194 valence electrons. The lowest BCUT2D eigenvalue weighted by Crippen LogP contribution is -2.44. The lowest BCUT2D eigenvalue weighted by atomic mass is 9.34. The number of hydrogen-bond acceptors (Lipinski definition) is 7. The first-order chi connectivity index (χ1) is 18.7. The van der Waals surface area contributed by atoms with E-state index in [1.165, 1.54) is 36.4 Å². The summed E-state index contributed by atoms with van der Waals surface area (Å²) in [5.74, 6) is 0.612. The van der Waals surface area contributed by atoms with Crippen LogP contribution in [-0.2, 0) is 0 Å². The maximum Gasteiger partial charge on any atom is 0.269 e.